The molecule has 0 fully saturated rings. The van der Waals surface area contributed by atoms with Crippen molar-refractivity contribution >= 4 is 45.4 Å². The summed E-state index contributed by atoms with van der Waals surface area (Å²) in [5.41, 5.74) is 1.09. The number of halogens is 2. The standard InChI is InChI=1S/C29H36F2N4O7S2Si/c1-7-43(37,38)35(44(39,40)8-2)20-10-12-25(42-26-11-9-19(30)15-24(26)31)21(16-20)23-18-34(3)28(27-22(23)17-32-33-27)29(36)41-13-14-45(4,5)6/h9-12,15-18,28H,7-8,13-14H2,1-6H3,(H,32,33). The smallest absolute Gasteiger partial charge is 0.335 e. The number of hydrogen-bond acceptors (Lipinski definition) is 9. The molecule has 2 heterocycles. The Bertz CT molecular complexity index is 1810. The summed E-state index contributed by atoms with van der Waals surface area (Å²) < 4.78 is 92.4. The number of esters is 1. The molecule has 0 radical (unpaired) electrons. The first kappa shape index (κ1) is 34.1. The number of aromatic amines is 1. The SMILES string of the molecule is CCS(=O)(=O)N(c1ccc(Oc2ccc(F)cc2F)c(C2=CN(C)C(C(=O)OCC[Si](C)(C)C)c3[nH]ncc32)c1)S(=O)(=O)CC. The molecule has 45 heavy (non-hydrogen) atoms. The monoisotopic (exact) mass is 682 g/mol. The maximum Gasteiger partial charge on any atom is 0.335 e. The fourth-order valence-corrected chi connectivity index (χ4v) is 8.71. The average molecular weight is 683 g/mol. The van der Waals surface area contributed by atoms with Gasteiger partial charge in [0, 0.05) is 44.1 Å². The van der Waals surface area contributed by atoms with Gasteiger partial charge in [-0.1, -0.05) is 19.6 Å². The first-order valence-corrected chi connectivity index (χ1v) is 21.1. The van der Waals surface area contributed by atoms with Gasteiger partial charge < -0.3 is 14.4 Å². The lowest BCUT2D eigenvalue weighted by Gasteiger charge is -2.31. The second-order valence-electron chi connectivity index (χ2n) is 11.6. The van der Waals surface area contributed by atoms with Gasteiger partial charge >= 0.3 is 5.97 Å². The number of ether oxygens (including phenoxy) is 2. The van der Waals surface area contributed by atoms with Crippen molar-refractivity contribution < 1.29 is 39.9 Å². The van der Waals surface area contributed by atoms with Crippen LogP contribution in [0.1, 0.15) is 36.7 Å². The number of H-pyrrole nitrogens is 1. The maximum absolute atomic E-state index is 14.7. The highest BCUT2D eigenvalue weighted by Gasteiger charge is 2.37. The molecule has 4 rings (SSSR count). The quantitative estimate of drug-likeness (QED) is 0.201. The van der Waals surface area contributed by atoms with Gasteiger partial charge in [0.2, 0.25) is 20.0 Å². The van der Waals surface area contributed by atoms with Crippen LogP contribution < -0.4 is 8.45 Å². The summed E-state index contributed by atoms with van der Waals surface area (Å²) in [5, 5.41) is 6.97. The van der Waals surface area contributed by atoms with E-state index in [1.807, 2.05) is 0 Å². The minimum atomic E-state index is -4.32. The molecule has 0 saturated heterocycles. The summed E-state index contributed by atoms with van der Waals surface area (Å²) in [6, 6.07) is 6.44. The first-order chi connectivity index (χ1) is 21.0. The van der Waals surface area contributed by atoms with Crippen LogP contribution in [0.5, 0.6) is 11.5 Å². The fraction of sp³-hybridized carbons (Fsp3) is 0.379. The number of sulfonamides is 2. The van der Waals surface area contributed by atoms with Gasteiger partial charge in [-0.25, -0.2) is 30.4 Å². The molecular weight excluding hydrogens is 647 g/mol. The van der Waals surface area contributed by atoms with Crippen molar-refractivity contribution in [2.24, 2.45) is 0 Å². The number of anilines is 1. The number of hydrogen-bond donors (Lipinski definition) is 1. The number of likely N-dealkylation sites (N-methyl/N-ethyl adjacent to an activating group) is 1. The van der Waals surface area contributed by atoms with E-state index in [2.05, 4.69) is 29.8 Å². The van der Waals surface area contributed by atoms with E-state index >= 15 is 0 Å². The van der Waals surface area contributed by atoms with Gasteiger partial charge in [0.25, 0.3) is 0 Å². The van der Waals surface area contributed by atoms with Crippen LogP contribution in [0.2, 0.25) is 25.7 Å². The lowest BCUT2D eigenvalue weighted by Crippen LogP contribution is -2.39. The van der Waals surface area contributed by atoms with Crippen LogP contribution in [0.4, 0.5) is 14.5 Å². The summed E-state index contributed by atoms with van der Waals surface area (Å²) in [5.74, 6) is -3.65. The first-order valence-electron chi connectivity index (χ1n) is 14.2. The molecule has 244 valence electrons. The van der Waals surface area contributed by atoms with E-state index in [0.29, 0.717) is 26.6 Å². The largest absolute Gasteiger partial charge is 0.464 e. The predicted octanol–water partition coefficient (Wildman–Crippen LogP) is 5.24. The number of rotatable bonds is 12. The highest BCUT2D eigenvalue weighted by atomic mass is 32.3. The second kappa shape index (κ2) is 12.9. The van der Waals surface area contributed by atoms with Gasteiger partial charge in [0.05, 0.1) is 35.7 Å². The fourth-order valence-electron chi connectivity index (χ4n) is 4.64. The Morgan fingerprint density at radius 1 is 1.00 bits per heavy atom. The Labute approximate surface area is 262 Å². The van der Waals surface area contributed by atoms with E-state index in [0.717, 1.165) is 18.2 Å². The zero-order chi connectivity index (χ0) is 33.3. The van der Waals surface area contributed by atoms with Crippen LogP contribution in [-0.4, -0.2) is 71.1 Å². The number of fused-ring (bicyclic) bond motifs is 1. The zero-order valence-electron chi connectivity index (χ0n) is 25.8. The van der Waals surface area contributed by atoms with Gasteiger partial charge in [0.15, 0.2) is 17.6 Å². The van der Waals surface area contributed by atoms with Crippen molar-refractivity contribution in [1.29, 1.82) is 0 Å². The van der Waals surface area contributed by atoms with Crippen molar-refractivity contribution in [3.05, 3.63) is 77.3 Å². The van der Waals surface area contributed by atoms with Crippen LogP contribution in [0.3, 0.4) is 0 Å². The van der Waals surface area contributed by atoms with Gasteiger partial charge in [-0.05, 0) is 50.2 Å². The Kier molecular flexibility index (Phi) is 9.80. The van der Waals surface area contributed by atoms with E-state index in [4.69, 9.17) is 9.47 Å². The molecule has 1 aliphatic heterocycles. The Hall–Kier alpha value is -3.76. The molecule has 16 heteroatoms. The maximum atomic E-state index is 14.7. The molecule has 1 unspecified atom stereocenters. The van der Waals surface area contributed by atoms with Crippen molar-refractivity contribution in [2.75, 3.05) is 28.9 Å². The molecule has 3 aromatic rings. The Balaban J connectivity index is 1.87. The number of aromatic nitrogens is 2. The van der Waals surface area contributed by atoms with Crippen molar-refractivity contribution in [1.82, 2.24) is 15.1 Å². The zero-order valence-corrected chi connectivity index (χ0v) is 28.4. The molecule has 0 spiro atoms. The van der Waals surface area contributed by atoms with Crippen LogP contribution in [0.15, 0.2) is 48.8 Å². The highest BCUT2D eigenvalue weighted by Crippen LogP contribution is 2.43. The van der Waals surface area contributed by atoms with E-state index in [1.54, 1.807) is 18.1 Å². The van der Waals surface area contributed by atoms with Crippen LogP contribution in [0.25, 0.3) is 5.57 Å². The third kappa shape index (κ3) is 7.39. The molecular formula is C29H36F2N4O7S2Si. The van der Waals surface area contributed by atoms with Crippen molar-refractivity contribution in [2.45, 2.75) is 45.6 Å². The summed E-state index contributed by atoms with van der Waals surface area (Å²) >= 11 is 0. The highest BCUT2D eigenvalue weighted by molar-refractivity contribution is 8.10. The number of carbonyl (C=O) groups is 1. The number of nitrogens with zero attached hydrogens (tertiary/aromatic N) is 3. The topological polar surface area (TPSA) is 139 Å². The molecule has 1 atom stereocenters. The lowest BCUT2D eigenvalue weighted by molar-refractivity contribution is -0.148. The van der Waals surface area contributed by atoms with Gasteiger partial charge in [-0.15, -0.1) is 0 Å². The molecule has 0 bridgehead atoms. The van der Waals surface area contributed by atoms with Crippen LogP contribution in [-0.2, 0) is 29.6 Å². The van der Waals surface area contributed by atoms with E-state index in [9.17, 15) is 30.4 Å². The lowest BCUT2D eigenvalue weighted by atomic mass is 9.92. The van der Waals surface area contributed by atoms with Gasteiger partial charge in [-0.2, -0.15) is 8.81 Å². The second-order valence-corrected chi connectivity index (χ2v) is 21.7. The van der Waals surface area contributed by atoms with Crippen molar-refractivity contribution in [3.8, 4) is 11.5 Å². The summed E-state index contributed by atoms with van der Waals surface area (Å²) in [6.07, 6.45) is 3.04. The molecule has 2 aromatic carbocycles. The molecule has 0 aliphatic carbocycles. The third-order valence-corrected chi connectivity index (χ3v) is 13.1. The Morgan fingerprint density at radius 2 is 1.64 bits per heavy atom. The Morgan fingerprint density at radius 3 is 2.24 bits per heavy atom. The van der Waals surface area contributed by atoms with Crippen LogP contribution in [0, 0.1) is 11.6 Å². The molecule has 11 nitrogen and oxygen atoms in total. The summed E-state index contributed by atoms with van der Waals surface area (Å²) in [6.45, 7) is 9.40. The summed E-state index contributed by atoms with van der Waals surface area (Å²) in [4.78, 5) is 14.8. The molecule has 1 aliphatic rings. The molecule has 1 aromatic heterocycles. The van der Waals surface area contributed by atoms with E-state index in [1.165, 1.54) is 38.2 Å². The van der Waals surface area contributed by atoms with Crippen LogP contribution >= 0.6 is 0 Å². The molecule has 0 saturated carbocycles. The van der Waals surface area contributed by atoms with Gasteiger partial charge in [-0.3, -0.25) is 5.10 Å². The predicted molar refractivity (Wildman–Crippen MR) is 170 cm³/mol. The average Bonchev–Trinajstić information content (AvgIpc) is 3.43. The number of nitrogens with one attached hydrogen (secondary N) is 1. The van der Waals surface area contributed by atoms with E-state index in [-0.39, 0.29) is 29.4 Å². The minimum absolute atomic E-state index is 0.00466. The van der Waals surface area contributed by atoms with E-state index < -0.39 is 63.3 Å². The number of benzene rings is 2. The molecule has 0 amide bonds. The minimum Gasteiger partial charge on any atom is -0.464 e. The summed E-state index contributed by atoms with van der Waals surface area (Å²) in [7, 11) is -8.47. The molecule has 1 N–H and O–H groups in total. The number of carbonyl (C=O) groups excluding carboxylic acids is 1. The van der Waals surface area contributed by atoms with Gasteiger partial charge in [0.1, 0.15) is 11.6 Å². The van der Waals surface area contributed by atoms with Crippen molar-refractivity contribution in [3.63, 3.8) is 0 Å². The normalized spacial score (nSPS) is 15.3. The third-order valence-electron chi connectivity index (χ3n) is 7.10.